The first-order chi connectivity index (χ1) is 19.3. The first-order valence-electron chi connectivity index (χ1n) is 12.5. The number of H-pyrrole nitrogens is 1. The summed E-state index contributed by atoms with van der Waals surface area (Å²) < 4.78 is 39.1. The largest absolute Gasteiger partial charge is 0.416 e. The number of halogens is 3. The number of aromatic nitrogens is 5. The molecule has 0 radical (unpaired) electrons. The molecule has 0 unspecified atom stereocenters. The number of hydrogen-bond donors (Lipinski definition) is 2. The van der Waals surface area contributed by atoms with Gasteiger partial charge in [0.05, 0.1) is 17.8 Å². The quantitative estimate of drug-likeness (QED) is 0.238. The monoisotopic (exact) mass is 561 g/mol. The van der Waals surface area contributed by atoms with Gasteiger partial charge in [0.2, 0.25) is 0 Å². The molecule has 1 aliphatic carbocycles. The zero-order chi connectivity index (χ0) is 27.7. The molecule has 2 aromatic heterocycles. The van der Waals surface area contributed by atoms with Crippen molar-refractivity contribution in [2.45, 2.75) is 32.0 Å². The van der Waals surface area contributed by atoms with E-state index in [0.717, 1.165) is 42.6 Å². The van der Waals surface area contributed by atoms with Crippen molar-refractivity contribution in [1.29, 1.82) is 0 Å². The molecular weight excluding hydrogens is 539 g/mol. The molecule has 202 valence electrons. The molecule has 0 bridgehead atoms. The van der Waals surface area contributed by atoms with Crippen LogP contribution in [0.5, 0.6) is 0 Å². The van der Waals surface area contributed by atoms with Crippen LogP contribution in [-0.4, -0.2) is 31.5 Å². The number of nitrogens with one attached hydrogen (secondary N) is 2. The Kier molecular flexibility index (Phi) is 6.76. The maximum atomic E-state index is 13.0. The number of carbonyl (C=O) groups excluding carboxylic acids is 1. The zero-order valence-electron chi connectivity index (χ0n) is 20.9. The van der Waals surface area contributed by atoms with E-state index in [1.165, 1.54) is 34.6 Å². The normalized spacial score (nSPS) is 12.8. The Balaban J connectivity index is 1.27. The van der Waals surface area contributed by atoms with Gasteiger partial charge in [0.15, 0.2) is 5.13 Å². The third-order valence-electron chi connectivity index (χ3n) is 6.75. The molecule has 8 nitrogen and oxygen atoms in total. The number of hydrogen-bond acceptors (Lipinski definition) is 7. The number of aryl methyl sites for hydroxylation is 2. The Morgan fingerprint density at radius 3 is 2.50 bits per heavy atom. The molecule has 0 fully saturated rings. The minimum absolute atomic E-state index is 0.0875. The molecule has 2 heterocycles. The maximum Gasteiger partial charge on any atom is 0.416 e. The number of anilines is 3. The van der Waals surface area contributed by atoms with Gasteiger partial charge in [0, 0.05) is 22.2 Å². The highest BCUT2D eigenvalue weighted by Gasteiger charge is 2.30. The summed E-state index contributed by atoms with van der Waals surface area (Å²) in [5.74, 6) is -0.269. The lowest BCUT2D eigenvalue weighted by Gasteiger charge is -2.23. The van der Waals surface area contributed by atoms with Gasteiger partial charge in [-0.3, -0.25) is 10.1 Å². The van der Waals surface area contributed by atoms with Crippen LogP contribution in [0.15, 0.2) is 72.1 Å². The number of carbonyl (C=O) groups is 1. The van der Waals surface area contributed by atoms with Crippen LogP contribution >= 0.6 is 11.3 Å². The van der Waals surface area contributed by atoms with E-state index in [0.29, 0.717) is 28.5 Å². The molecule has 6 rings (SSSR count). The molecule has 0 aliphatic heterocycles. The van der Waals surface area contributed by atoms with Gasteiger partial charge in [0.1, 0.15) is 0 Å². The van der Waals surface area contributed by atoms with Crippen molar-refractivity contribution < 1.29 is 18.0 Å². The molecular formula is C28H22F3N7OS. The average Bonchev–Trinajstić information content (AvgIpc) is 3.74. The number of aromatic amines is 1. The van der Waals surface area contributed by atoms with Gasteiger partial charge in [-0.15, -0.1) is 16.4 Å². The van der Waals surface area contributed by atoms with Crippen LogP contribution in [0.2, 0.25) is 0 Å². The number of amides is 1. The lowest BCUT2D eigenvalue weighted by Crippen LogP contribution is -2.17. The molecule has 5 aromatic rings. The first-order valence-corrected chi connectivity index (χ1v) is 13.4. The highest BCUT2D eigenvalue weighted by molar-refractivity contribution is 7.14. The van der Waals surface area contributed by atoms with Gasteiger partial charge < -0.3 is 4.90 Å². The highest BCUT2D eigenvalue weighted by atomic mass is 32.1. The summed E-state index contributed by atoms with van der Waals surface area (Å²) in [6.07, 6.45) is -1.17. The van der Waals surface area contributed by atoms with Crippen molar-refractivity contribution in [2.75, 3.05) is 10.2 Å². The Morgan fingerprint density at radius 2 is 1.77 bits per heavy atom. The summed E-state index contributed by atoms with van der Waals surface area (Å²) in [5.41, 5.74) is 5.56. The standard InChI is InChI=1S/C28H22F3N7OS/c29-28(30,31)22-11-8-19(9-12-22)24-16-40-27(32-24)38(23-13-10-18-2-1-3-21(18)14-23)15-17-4-6-20(7-5-17)25(39)33-26-34-36-37-35-26/h4-14,16H,1-3,15H2,(H2,33,34,35,36,37,39). The maximum absolute atomic E-state index is 13.0. The minimum atomic E-state index is -4.39. The summed E-state index contributed by atoms with van der Waals surface area (Å²) in [5, 5.41) is 18.3. The predicted molar refractivity (Wildman–Crippen MR) is 145 cm³/mol. The smallest absolute Gasteiger partial charge is 0.313 e. The van der Waals surface area contributed by atoms with Crippen molar-refractivity contribution >= 4 is 34.0 Å². The number of nitrogens with zero attached hydrogens (tertiary/aromatic N) is 5. The minimum Gasteiger partial charge on any atom is -0.313 e. The number of fused-ring (bicyclic) bond motifs is 1. The predicted octanol–water partition coefficient (Wildman–Crippen LogP) is 6.42. The molecule has 3 aromatic carbocycles. The topological polar surface area (TPSA) is 99.7 Å². The van der Waals surface area contributed by atoms with Crippen LogP contribution in [0.25, 0.3) is 11.3 Å². The molecule has 0 atom stereocenters. The number of alkyl halides is 3. The highest BCUT2D eigenvalue weighted by Crippen LogP contribution is 2.37. The summed E-state index contributed by atoms with van der Waals surface area (Å²) >= 11 is 1.43. The molecule has 0 saturated carbocycles. The molecule has 0 saturated heterocycles. The molecule has 12 heteroatoms. The second-order valence-corrected chi connectivity index (χ2v) is 10.2. The summed E-state index contributed by atoms with van der Waals surface area (Å²) in [4.78, 5) is 19.4. The zero-order valence-corrected chi connectivity index (χ0v) is 21.8. The van der Waals surface area contributed by atoms with E-state index in [1.54, 1.807) is 12.1 Å². The molecule has 0 spiro atoms. The summed E-state index contributed by atoms with van der Waals surface area (Å²) in [6.45, 7) is 0.478. The summed E-state index contributed by atoms with van der Waals surface area (Å²) in [6, 6.07) is 18.6. The van der Waals surface area contributed by atoms with E-state index < -0.39 is 11.7 Å². The number of tetrazole rings is 1. The summed E-state index contributed by atoms with van der Waals surface area (Å²) in [7, 11) is 0. The van der Waals surface area contributed by atoms with Gasteiger partial charge in [-0.05, 0) is 77.6 Å². The van der Waals surface area contributed by atoms with E-state index in [9.17, 15) is 18.0 Å². The van der Waals surface area contributed by atoms with E-state index in [4.69, 9.17) is 4.98 Å². The Labute approximate surface area is 230 Å². The van der Waals surface area contributed by atoms with Crippen LogP contribution in [0.3, 0.4) is 0 Å². The van der Waals surface area contributed by atoms with Crippen LogP contribution in [0.4, 0.5) is 29.9 Å². The fourth-order valence-electron chi connectivity index (χ4n) is 4.68. The van der Waals surface area contributed by atoms with Crippen LogP contribution in [-0.2, 0) is 25.6 Å². The van der Waals surface area contributed by atoms with Crippen molar-refractivity contribution in [1.82, 2.24) is 25.6 Å². The van der Waals surface area contributed by atoms with Crippen LogP contribution < -0.4 is 10.2 Å². The fourth-order valence-corrected chi connectivity index (χ4v) is 5.53. The van der Waals surface area contributed by atoms with Crippen molar-refractivity contribution in [3.8, 4) is 11.3 Å². The fraction of sp³-hybridized carbons (Fsp3) is 0.179. The van der Waals surface area contributed by atoms with Crippen LogP contribution in [0, 0.1) is 0 Å². The lowest BCUT2D eigenvalue weighted by atomic mass is 10.1. The van der Waals surface area contributed by atoms with Gasteiger partial charge in [-0.2, -0.15) is 18.4 Å². The Bertz CT molecular complexity index is 1630. The Morgan fingerprint density at radius 1 is 1.00 bits per heavy atom. The molecule has 1 amide bonds. The third kappa shape index (κ3) is 5.43. The second kappa shape index (κ2) is 10.5. The first kappa shape index (κ1) is 25.7. The van der Waals surface area contributed by atoms with Gasteiger partial charge in [-0.25, -0.2) is 4.98 Å². The number of benzene rings is 3. The number of thiazole rings is 1. The van der Waals surface area contributed by atoms with E-state index >= 15 is 0 Å². The van der Waals surface area contributed by atoms with Gasteiger partial charge in [0.25, 0.3) is 11.9 Å². The average molecular weight is 562 g/mol. The van der Waals surface area contributed by atoms with E-state index in [2.05, 4.69) is 49.0 Å². The third-order valence-corrected chi connectivity index (χ3v) is 7.62. The van der Waals surface area contributed by atoms with Crippen molar-refractivity contribution in [2.24, 2.45) is 0 Å². The molecule has 1 aliphatic rings. The van der Waals surface area contributed by atoms with Gasteiger partial charge in [-0.1, -0.05) is 35.4 Å². The van der Waals surface area contributed by atoms with Gasteiger partial charge >= 0.3 is 6.18 Å². The van der Waals surface area contributed by atoms with Crippen LogP contribution in [0.1, 0.15) is 39.0 Å². The molecule has 40 heavy (non-hydrogen) atoms. The lowest BCUT2D eigenvalue weighted by molar-refractivity contribution is -0.137. The van der Waals surface area contributed by atoms with Crippen molar-refractivity contribution in [3.63, 3.8) is 0 Å². The SMILES string of the molecule is O=C(Nc1nn[nH]n1)c1ccc(CN(c2ccc3c(c2)CCC3)c2nc(-c3ccc(C(F)(F)F)cc3)cs2)cc1. The second-order valence-electron chi connectivity index (χ2n) is 9.37. The molecule has 2 N–H and O–H groups in total. The number of rotatable bonds is 7. The van der Waals surface area contributed by atoms with E-state index in [-0.39, 0.29) is 11.9 Å². The van der Waals surface area contributed by atoms with Crippen molar-refractivity contribution in [3.05, 3.63) is 99.9 Å². The van der Waals surface area contributed by atoms with E-state index in [1.807, 2.05) is 17.5 Å². The Hall–Kier alpha value is -4.58.